The molecule has 0 radical (unpaired) electrons. The van der Waals surface area contributed by atoms with Crippen LogP contribution in [0.4, 0.5) is 0 Å². The summed E-state index contributed by atoms with van der Waals surface area (Å²) >= 11 is 0. The fourth-order valence-corrected chi connectivity index (χ4v) is 0.633. The van der Waals surface area contributed by atoms with Gasteiger partial charge >= 0.3 is 0 Å². The van der Waals surface area contributed by atoms with E-state index in [1.807, 2.05) is 0 Å². The maximum absolute atomic E-state index is 10.0. The molecule has 0 bridgehead atoms. The van der Waals surface area contributed by atoms with Gasteiger partial charge in [-0.3, -0.25) is 0 Å². The number of aldehydes is 1. The lowest BCUT2D eigenvalue weighted by Gasteiger charge is -2.27. The van der Waals surface area contributed by atoms with E-state index in [0.717, 1.165) is 0 Å². The molecule has 0 aromatic heterocycles. The minimum Gasteiger partial charge on any atom is -0.364 e. The topological polar surface area (TPSA) is 76.0 Å². The molecule has 1 aliphatic rings. The van der Waals surface area contributed by atoms with Crippen LogP contribution in [-0.2, 0) is 14.3 Å². The van der Waals surface area contributed by atoms with Crippen molar-refractivity contribution in [2.24, 2.45) is 0 Å². The normalized spacial score (nSPS) is 41.2. The summed E-state index contributed by atoms with van der Waals surface area (Å²) < 4.78 is 9.10. The van der Waals surface area contributed by atoms with Crippen LogP contribution >= 0.6 is 0 Å². The highest BCUT2D eigenvalue weighted by atomic mass is 16.7. The maximum atomic E-state index is 10.0. The van der Waals surface area contributed by atoms with Gasteiger partial charge in [-0.05, 0) is 0 Å². The van der Waals surface area contributed by atoms with Crippen molar-refractivity contribution in [3.8, 4) is 0 Å². The highest BCUT2D eigenvalue weighted by Crippen LogP contribution is 2.08. The van der Waals surface area contributed by atoms with E-state index in [1.54, 1.807) is 0 Å². The molecule has 1 aliphatic heterocycles. The number of carbonyl (C=O) groups is 1. The van der Waals surface area contributed by atoms with Gasteiger partial charge in [0.05, 0.1) is 6.61 Å². The largest absolute Gasteiger partial charge is 0.364 e. The van der Waals surface area contributed by atoms with Crippen molar-refractivity contribution in [2.75, 3.05) is 6.61 Å². The molecule has 2 N–H and O–H groups in total. The van der Waals surface area contributed by atoms with E-state index in [1.165, 1.54) is 0 Å². The average Bonchev–Trinajstić information content (AvgIpc) is 1.95. The maximum Gasteiger partial charge on any atom is 0.207 e. The predicted molar refractivity (Wildman–Crippen MR) is 28.9 cm³/mol. The van der Waals surface area contributed by atoms with Gasteiger partial charge in [-0.1, -0.05) is 0 Å². The number of aliphatic hydroxyl groups excluding tert-OH is 2. The molecule has 5 heteroatoms. The van der Waals surface area contributed by atoms with Gasteiger partial charge in [0, 0.05) is 0 Å². The standard InChI is InChI=1S/C5H8O5/c6-1-3-2-9-4(7)5(8)10-3/h1,3-5,7-8H,2H2. The molecule has 58 valence electrons. The minimum absolute atomic E-state index is 0.0122. The Hall–Kier alpha value is -0.490. The molecule has 0 saturated carbocycles. The van der Waals surface area contributed by atoms with E-state index >= 15 is 0 Å². The fourth-order valence-electron chi connectivity index (χ4n) is 0.633. The van der Waals surface area contributed by atoms with Crippen LogP contribution in [0.2, 0.25) is 0 Å². The number of hydrogen-bond donors (Lipinski definition) is 2. The molecule has 1 rings (SSSR count). The summed E-state index contributed by atoms with van der Waals surface area (Å²) in [5, 5.41) is 17.4. The summed E-state index contributed by atoms with van der Waals surface area (Å²) in [6.07, 6.45) is -3.01. The number of hydrogen-bond acceptors (Lipinski definition) is 5. The first kappa shape index (κ1) is 7.62. The first-order chi connectivity index (χ1) is 4.74. The fraction of sp³-hybridized carbons (Fsp3) is 0.800. The third-order valence-corrected chi connectivity index (χ3v) is 1.14. The van der Waals surface area contributed by atoms with E-state index in [2.05, 4.69) is 9.47 Å². The van der Waals surface area contributed by atoms with Gasteiger partial charge in [-0.25, -0.2) is 0 Å². The van der Waals surface area contributed by atoms with E-state index in [0.29, 0.717) is 6.29 Å². The lowest BCUT2D eigenvalue weighted by molar-refractivity contribution is -0.306. The molecular weight excluding hydrogens is 140 g/mol. The van der Waals surface area contributed by atoms with Crippen LogP contribution in [0.3, 0.4) is 0 Å². The van der Waals surface area contributed by atoms with Crippen molar-refractivity contribution >= 4 is 6.29 Å². The summed E-state index contributed by atoms with van der Waals surface area (Å²) in [6, 6.07) is 0. The molecule has 0 spiro atoms. The Labute approximate surface area is 57.2 Å². The van der Waals surface area contributed by atoms with Crippen molar-refractivity contribution in [3.63, 3.8) is 0 Å². The molecule has 1 saturated heterocycles. The van der Waals surface area contributed by atoms with Crippen LogP contribution in [0, 0.1) is 0 Å². The Bertz CT molecular complexity index is 125. The van der Waals surface area contributed by atoms with Crippen LogP contribution in [-0.4, -0.2) is 41.8 Å². The molecule has 3 atom stereocenters. The third kappa shape index (κ3) is 1.51. The van der Waals surface area contributed by atoms with Crippen LogP contribution < -0.4 is 0 Å². The van der Waals surface area contributed by atoms with Gasteiger partial charge in [0.2, 0.25) is 12.6 Å². The Morgan fingerprint density at radius 1 is 1.40 bits per heavy atom. The first-order valence-electron chi connectivity index (χ1n) is 2.82. The van der Waals surface area contributed by atoms with E-state index in [9.17, 15) is 4.79 Å². The Kier molecular flexibility index (Phi) is 2.34. The molecule has 1 fully saturated rings. The molecule has 0 amide bonds. The summed E-state index contributed by atoms with van der Waals surface area (Å²) in [5.74, 6) is 0. The van der Waals surface area contributed by atoms with Gasteiger partial charge in [-0.15, -0.1) is 0 Å². The number of aliphatic hydroxyl groups is 2. The van der Waals surface area contributed by atoms with Crippen LogP contribution in [0.15, 0.2) is 0 Å². The third-order valence-electron chi connectivity index (χ3n) is 1.14. The summed E-state index contributed by atoms with van der Waals surface area (Å²) in [7, 11) is 0. The highest BCUT2D eigenvalue weighted by Gasteiger charge is 2.28. The molecular formula is C5H8O5. The monoisotopic (exact) mass is 148 g/mol. The first-order valence-corrected chi connectivity index (χ1v) is 2.82. The second-order valence-electron chi connectivity index (χ2n) is 1.93. The molecule has 1 heterocycles. The summed E-state index contributed by atoms with van der Waals surface area (Å²) in [6.45, 7) is -0.0122. The Morgan fingerprint density at radius 3 is 2.60 bits per heavy atom. The van der Waals surface area contributed by atoms with E-state index in [4.69, 9.17) is 10.2 Å². The van der Waals surface area contributed by atoms with Crippen molar-refractivity contribution in [1.29, 1.82) is 0 Å². The smallest absolute Gasteiger partial charge is 0.207 e. The summed E-state index contributed by atoms with van der Waals surface area (Å²) in [4.78, 5) is 10.0. The van der Waals surface area contributed by atoms with Gasteiger partial charge in [-0.2, -0.15) is 0 Å². The van der Waals surface area contributed by atoms with Crippen LogP contribution in [0.5, 0.6) is 0 Å². The lowest BCUT2D eigenvalue weighted by atomic mass is 10.4. The molecule has 0 aromatic rings. The Balaban J connectivity index is 2.40. The number of ether oxygens (including phenoxy) is 2. The quantitative estimate of drug-likeness (QED) is 0.431. The van der Waals surface area contributed by atoms with Crippen molar-refractivity contribution in [1.82, 2.24) is 0 Å². The van der Waals surface area contributed by atoms with Crippen LogP contribution in [0.1, 0.15) is 0 Å². The average molecular weight is 148 g/mol. The zero-order valence-corrected chi connectivity index (χ0v) is 5.14. The van der Waals surface area contributed by atoms with Gasteiger partial charge in [0.1, 0.15) is 6.10 Å². The number of rotatable bonds is 1. The minimum atomic E-state index is -1.41. The van der Waals surface area contributed by atoms with Gasteiger partial charge in [0.15, 0.2) is 6.29 Å². The lowest BCUT2D eigenvalue weighted by Crippen LogP contribution is -2.43. The van der Waals surface area contributed by atoms with Crippen molar-refractivity contribution < 1.29 is 24.5 Å². The van der Waals surface area contributed by atoms with Gasteiger partial charge in [0.25, 0.3) is 0 Å². The Morgan fingerprint density at radius 2 is 2.10 bits per heavy atom. The second kappa shape index (κ2) is 3.07. The molecule has 0 aliphatic carbocycles. The SMILES string of the molecule is O=CC1COC(O)C(O)O1. The van der Waals surface area contributed by atoms with Crippen LogP contribution in [0.25, 0.3) is 0 Å². The summed E-state index contributed by atoms with van der Waals surface area (Å²) in [5.41, 5.74) is 0. The number of carbonyl (C=O) groups excluding carboxylic acids is 1. The van der Waals surface area contributed by atoms with E-state index < -0.39 is 18.7 Å². The van der Waals surface area contributed by atoms with Gasteiger partial charge < -0.3 is 24.5 Å². The molecule has 0 aromatic carbocycles. The zero-order chi connectivity index (χ0) is 7.56. The second-order valence-corrected chi connectivity index (χ2v) is 1.93. The highest BCUT2D eigenvalue weighted by molar-refractivity contribution is 5.56. The van der Waals surface area contributed by atoms with E-state index in [-0.39, 0.29) is 6.61 Å². The molecule has 10 heavy (non-hydrogen) atoms. The predicted octanol–water partition coefficient (Wildman–Crippen LogP) is -1.76. The van der Waals surface area contributed by atoms with Crippen molar-refractivity contribution in [3.05, 3.63) is 0 Å². The molecule has 3 unspecified atom stereocenters. The zero-order valence-electron chi connectivity index (χ0n) is 5.14. The molecule has 5 nitrogen and oxygen atoms in total. The van der Waals surface area contributed by atoms with Crippen molar-refractivity contribution in [2.45, 2.75) is 18.7 Å².